The van der Waals surface area contributed by atoms with Crippen molar-refractivity contribution < 1.29 is 15.0 Å². The van der Waals surface area contributed by atoms with Crippen molar-refractivity contribution in [2.45, 2.75) is 90.8 Å². The Labute approximate surface area is 158 Å². The molecular weight excluding hydrogens is 324 g/mol. The van der Waals surface area contributed by atoms with Gasteiger partial charge in [-0.05, 0) is 99.9 Å². The molecule has 3 fully saturated rings. The van der Waals surface area contributed by atoms with E-state index in [1.165, 1.54) is 5.57 Å². The van der Waals surface area contributed by atoms with Crippen LogP contribution in [0.3, 0.4) is 0 Å². The van der Waals surface area contributed by atoms with Crippen molar-refractivity contribution in [1.82, 2.24) is 0 Å². The topological polar surface area (TPSA) is 57.5 Å². The fourth-order valence-corrected chi connectivity index (χ4v) is 8.49. The van der Waals surface area contributed by atoms with E-state index in [0.29, 0.717) is 18.3 Å². The zero-order chi connectivity index (χ0) is 19.1. The van der Waals surface area contributed by atoms with Gasteiger partial charge in [-0.15, -0.1) is 0 Å². The summed E-state index contributed by atoms with van der Waals surface area (Å²) >= 11 is 0. The summed E-state index contributed by atoms with van der Waals surface area (Å²) in [6.45, 7) is 10.6. The molecule has 0 aromatic rings. The Hall–Kier alpha value is -0.670. The van der Waals surface area contributed by atoms with Gasteiger partial charge in [-0.25, -0.2) is 0 Å². The van der Waals surface area contributed by atoms with E-state index >= 15 is 0 Å². The summed E-state index contributed by atoms with van der Waals surface area (Å²) < 4.78 is 0. The average molecular weight is 361 g/mol. The van der Waals surface area contributed by atoms with Gasteiger partial charge in [0.2, 0.25) is 0 Å². The molecule has 2 N–H and O–H groups in total. The summed E-state index contributed by atoms with van der Waals surface area (Å²) in [5.74, 6) is 1.79. The fraction of sp³-hybridized carbons (Fsp3) is 0.870. The third-order valence-corrected chi connectivity index (χ3v) is 9.01. The van der Waals surface area contributed by atoms with Crippen LogP contribution in [0.5, 0.6) is 0 Å². The predicted molar refractivity (Wildman–Crippen MR) is 103 cm³/mol. The van der Waals surface area contributed by atoms with E-state index in [1.54, 1.807) is 0 Å². The Bertz CT molecular complexity index is 655. The smallest absolute Gasteiger partial charge is 0.155 e. The van der Waals surface area contributed by atoms with Crippen LogP contribution in [-0.4, -0.2) is 27.2 Å². The molecule has 3 nitrogen and oxygen atoms in total. The van der Waals surface area contributed by atoms with Gasteiger partial charge in [0.25, 0.3) is 0 Å². The minimum absolute atomic E-state index is 0.00895. The Morgan fingerprint density at radius 2 is 1.81 bits per heavy atom. The van der Waals surface area contributed by atoms with E-state index in [0.717, 1.165) is 38.5 Å². The molecule has 0 bridgehead atoms. The van der Waals surface area contributed by atoms with Crippen molar-refractivity contribution in [2.75, 3.05) is 0 Å². The van der Waals surface area contributed by atoms with Crippen molar-refractivity contribution in [3.8, 4) is 0 Å². The minimum atomic E-state index is -0.752. The van der Waals surface area contributed by atoms with E-state index in [2.05, 4.69) is 13.8 Å². The van der Waals surface area contributed by atoms with Gasteiger partial charge in [-0.1, -0.05) is 19.4 Å². The van der Waals surface area contributed by atoms with Crippen LogP contribution in [0.1, 0.15) is 79.6 Å². The molecule has 3 heteroatoms. The highest BCUT2D eigenvalue weighted by Gasteiger charge is 2.66. The summed E-state index contributed by atoms with van der Waals surface area (Å²) in [4.78, 5) is 12.0. The largest absolute Gasteiger partial charge is 0.390 e. The molecule has 4 aliphatic rings. The van der Waals surface area contributed by atoms with Crippen molar-refractivity contribution in [3.05, 3.63) is 11.6 Å². The Balaban J connectivity index is 1.77. The number of hydrogen-bond donors (Lipinski definition) is 2. The normalized spacial score (nSPS) is 51.3. The lowest BCUT2D eigenvalue weighted by Crippen LogP contribution is -2.62. The maximum atomic E-state index is 12.0. The van der Waals surface area contributed by atoms with Crippen LogP contribution >= 0.6 is 0 Å². The number of rotatable bonds is 1. The molecule has 0 heterocycles. The van der Waals surface area contributed by atoms with Gasteiger partial charge in [0, 0.05) is 6.42 Å². The Morgan fingerprint density at radius 1 is 1.12 bits per heavy atom. The first-order chi connectivity index (χ1) is 11.9. The number of fused-ring (bicyclic) bond motifs is 5. The van der Waals surface area contributed by atoms with Crippen LogP contribution in [0.15, 0.2) is 11.6 Å². The maximum Gasteiger partial charge on any atom is 0.155 e. The number of carbonyl (C=O) groups is 1. The summed E-state index contributed by atoms with van der Waals surface area (Å²) in [6, 6.07) is 0. The first-order valence-corrected chi connectivity index (χ1v) is 10.6. The number of carbonyl (C=O) groups excluding carboxylic acids is 1. The standard InChI is InChI=1S/C23H36O3/c1-20(2,25)18-9-8-17-16-7-6-14-12-15(24)10-11-21(14,3)19(16)23(5,26)13-22(17,18)4/h12,16-19,25-26H,6-11,13H2,1-5H3/t16?,17?,18-,19?,21+,22+,23+/m1/s1. The molecular formula is C23H36O3. The molecule has 0 amide bonds. The number of aliphatic hydroxyl groups is 2. The number of allylic oxidation sites excluding steroid dienone is 1. The Morgan fingerprint density at radius 3 is 2.46 bits per heavy atom. The molecule has 3 saturated carbocycles. The molecule has 146 valence electrons. The third kappa shape index (κ3) is 2.42. The molecule has 26 heavy (non-hydrogen) atoms. The lowest BCUT2D eigenvalue weighted by Gasteiger charge is -2.64. The van der Waals surface area contributed by atoms with Gasteiger partial charge >= 0.3 is 0 Å². The van der Waals surface area contributed by atoms with Crippen LogP contribution in [0.2, 0.25) is 0 Å². The molecule has 7 atom stereocenters. The van der Waals surface area contributed by atoms with E-state index in [4.69, 9.17) is 0 Å². The highest BCUT2D eigenvalue weighted by Crippen LogP contribution is 2.70. The predicted octanol–water partition coefficient (Wildman–Crippen LogP) is 4.27. The lowest BCUT2D eigenvalue weighted by molar-refractivity contribution is -0.195. The molecule has 4 rings (SSSR count). The van der Waals surface area contributed by atoms with E-state index in [1.807, 2.05) is 26.8 Å². The van der Waals surface area contributed by atoms with E-state index in [9.17, 15) is 15.0 Å². The van der Waals surface area contributed by atoms with Gasteiger partial charge in [0.1, 0.15) is 0 Å². The van der Waals surface area contributed by atoms with Crippen LogP contribution in [0.25, 0.3) is 0 Å². The zero-order valence-electron chi connectivity index (χ0n) is 17.1. The molecule has 0 saturated heterocycles. The molecule has 0 aromatic carbocycles. The second kappa shape index (κ2) is 5.44. The summed E-state index contributed by atoms with van der Waals surface area (Å²) in [6.07, 6.45) is 8.46. The molecule has 3 unspecified atom stereocenters. The van der Waals surface area contributed by atoms with Crippen molar-refractivity contribution in [2.24, 2.45) is 34.5 Å². The molecule has 0 aromatic heterocycles. The van der Waals surface area contributed by atoms with Crippen LogP contribution in [-0.2, 0) is 4.79 Å². The summed E-state index contributed by atoms with van der Waals surface area (Å²) in [5, 5.41) is 22.6. The highest BCUT2D eigenvalue weighted by molar-refractivity contribution is 5.91. The Kier molecular flexibility index (Phi) is 3.91. The molecule has 4 aliphatic carbocycles. The quantitative estimate of drug-likeness (QED) is 0.734. The third-order valence-electron chi connectivity index (χ3n) is 9.01. The zero-order valence-corrected chi connectivity index (χ0v) is 17.1. The van der Waals surface area contributed by atoms with Crippen molar-refractivity contribution in [3.63, 3.8) is 0 Å². The van der Waals surface area contributed by atoms with Gasteiger partial charge in [-0.2, -0.15) is 0 Å². The van der Waals surface area contributed by atoms with Crippen LogP contribution in [0, 0.1) is 34.5 Å². The van der Waals surface area contributed by atoms with Gasteiger partial charge < -0.3 is 10.2 Å². The first kappa shape index (κ1) is 18.7. The number of hydrogen-bond acceptors (Lipinski definition) is 3. The van der Waals surface area contributed by atoms with Crippen LogP contribution in [0.4, 0.5) is 0 Å². The van der Waals surface area contributed by atoms with Gasteiger partial charge in [0.15, 0.2) is 5.78 Å². The second-order valence-corrected chi connectivity index (χ2v) is 11.2. The van der Waals surface area contributed by atoms with E-state index < -0.39 is 11.2 Å². The van der Waals surface area contributed by atoms with Crippen molar-refractivity contribution >= 4 is 5.78 Å². The highest BCUT2D eigenvalue weighted by atomic mass is 16.3. The monoisotopic (exact) mass is 360 g/mol. The first-order valence-electron chi connectivity index (χ1n) is 10.6. The minimum Gasteiger partial charge on any atom is -0.390 e. The lowest BCUT2D eigenvalue weighted by atomic mass is 9.42. The molecule has 0 aliphatic heterocycles. The average Bonchev–Trinajstić information content (AvgIpc) is 2.83. The number of ketones is 1. The van der Waals surface area contributed by atoms with Crippen molar-refractivity contribution in [1.29, 1.82) is 0 Å². The SMILES string of the molecule is CC(C)(O)[C@H]1CCC2C3CCC4=CC(=O)CC[C@]4(C)C3[C@@](C)(O)C[C@@]21C. The van der Waals surface area contributed by atoms with E-state index in [-0.39, 0.29) is 28.4 Å². The summed E-state index contributed by atoms with van der Waals surface area (Å²) in [7, 11) is 0. The summed E-state index contributed by atoms with van der Waals surface area (Å²) in [5.41, 5.74) is -0.221. The maximum absolute atomic E-state index is 12.0. The van der Waals surface area contributed by atoms with Gasteiger partial charge in [0.05, 0.1) is 11.2 Å². The van der Waals surface area contributed by atoms with Crippen LogP contribution < -0.4 is 0 Å². The fourth-order valence-electron chi connectivity index (χ4n) is 8.49. The van der Waals surface area contributed by atoms with Gasteiger partial charge in [-0.3, -0.25) is 4.79 Å². The second-order valence-electron chi connectivity index (χ2n) is 11.2. The molecule has 0 spiro atoms. The molecule has 0 radical (unpaired) electrons.